The summed E-state index contributed by atoms with van der Waals surface area (Å²) in [6, 6.07) is 10.6. The lowest BCUT2D eigenvalue weighted by Gasteiger charge is -2.10. The second-order valence-corrected chi connectivity index (χ2v) is 5.59. The molecule has 7 nitrogen and oxygen atoms in total. The first kappa shape index (κ1) is 17.6. The summed E-state index contributed by atoms with van der Waals surface area (Å²) in [6.45, 7) is 2.47. The summed E-state index contributed by atoms with van der Waals surface area (Å²) in [6.07, 6.45) is 3.26. The molecule has 0 atom stereocenters. The second-order valence-electron chi connectivity index (χ2n) is 5.59. The van der Waals surface area contributed by atoms with Gasteiger partial charge in [-0.3, -0.25) is 9.78 Å². The van der Waals surface area contributed by atoms with Crippen molar-refractivity contribution in [3.8, 4) is 11.6 Å². The molecule has 0 spiro atoms. The fourth-order valence-corrected chi connectivity index (χ4v) is 2.26. The highest BCUT2D eigenvalue weighted by Gasteiger charge is 2.13. The minimum atomic E-state index is -0.320. The predicted molar refractivity (Wildman–Crippen MR) is 93.9 cm³/mol. The van der Waals surface area contributed by atoms with Crippen LogP contribution in [0.15, 0.2) is 53.2 Å². The molecule has 3 aromatic heterocycles. The third kappa shape index (κ3) is 4.46. The number of nitrogens with one attached hydrogen (secondary N) is 1. The Hall–Kier alpha value is -3.19. The average Bonchev–Trinajstić information content (AvgIpc) is 3.12. The van der Waals surface area contributed by atoms with E-state index in [-0.39, 0.29) is 18.2 Å². The zero-order valence-corrected chi connectivity index (χ0v) is 14.6. The molecule has 3 rings (SSSR count). The summed E-state index contributed by atoms with van der Waals surface area (Å²) in [5, 5.41) is 2.80. The van der Waals surface area contributed by atoms with E-state index in [1.165, 1.54) is 0 Å². The molecule has 7 heteroatoms. The van der Waals surface area contributed by atoms with Crippen LogP contribution in [0, 0.1) is 6.92 Å². The molecule has 0 unspecified atom stereocenters. The highest BCUT2D eigenvalue weighted by Crippen LogP contribution is 2.22. The minimum Gasteiger partial charge on any atom is -0.453 e. The Morgan fingerprint density at radius 2 is 2.08 bits per heavy atom. The van der Waals surface area contributed by atoms with Crippen molar-refractivity contribution in [3.05, 3.63) is 71.6 Å². The summed E-state index contributed by atoms with van der Waals surface area (Å²) in [4.78, 5) is 20.7. The SMILES string of the molecule is COCc1ccc(C(=O)NCc2cccnc2Oc2ccc(C)nc2)o1. The summed E-state index contributed by atoms with van der Waals surface area (Å²) >= 11 is 0. The molecule has 1 N–H and O–H groups in total. The molecule has 0 fully saturated rings. The van der Waals surface area contributed by atoms with E-state index in [1.54, 1.807) is 37.7 Å². The first-order chi connectivity index (χ1) is 12.7. The van der Waals surface area contributed by atoms with Gasteiger partial charge in [-0.05, 0) is 37.3 Å². The van der Waals surface area contributed by atoms with Crippen LogP contribution < -0.4 is 10.1 Å². The zero-order chi connectivity index (χ0) is 18.4. The molecule has 0 aliphatic heterocycles. The summed E-state index contributed by atoms with van der Waals surface area (Å²) < 4.78 is 16.2. The number of amides is 1. The highest BCUT2D eigenvalue weighted by atomic mass is 16.5. The number of rotatable bonds is 7. The largest absolute Gasteiger partial charge is 0.453 e. The van der Waals surface area contributed by atoms with Gasteiger partial charge >= 0.3 is 0 Å². The Bertz CT molecular complexity index is 875. The van der Waals surface area contributed by atoms with E-state index >= 15 is 0 Å². The van der Waals surface area contributed by atoms with Gasteiger partial charge in [-0.1, -0.05) is 6.07 Å². The summed E-state index contributed by atoms with van der Waals surface area (Å²) in [7, 11) is 1.57. The lowest BCUT2D eigenvalue weighted by molar-refractivity contribution is 0.0914. The van der Waals surface area contributed by atoms with Crippen molar-refractivity contribution in [3.63, 3.8) is 0 Å². The zero-order valence-electron chi connectivity index (χ0n) is 14.6. The lowest BCUT2D eigenvalue weighted by Crippen LogP contribution is -2.22. The Labute approximate surface area is 151 Å². The number of hydrogen-bond donors (Lipinski definition) is 1. The van der Waals surface area contributed by atoms with Crippen molar-refractivity contribution in [1.82, 2.24) is 15.3 Å². The van der Waals surface area contributed by atoms with E-state index in [0.29, 0.717) is 24.0 Å². The molecule has 3 aromatic rings. The first-order valence-corrected chi connectivity index (χ1v) is 8.06. The van der Waals surface area contributed by atoms with Crippen molar-refractivity contribution in [2.75, 3.05) is 7.11 Å². The van der Waals surface area contributed by atoms with Gasteiger partial charge in [-0.25, -0.2) is 4.98 Å². The number of furan rings is 1. The average molecular weight is 353 g/mol. The van der Waals surface area contributed by atoms with Crippen LogP contribution in [0.3, 0.4) is 0 Å². The highest BCUT2D eigenvalue weighted by molar-refractivity contribution is 5.91. The third-order valence-corrected chi connectivity index (χ3v) is 3.56. The van der Waals surface area contributed by atoms with Crippen LogP contribution in [-0.2, 0) is 17.9 Å². The maximum Gasteiger partial charge on any atom is 0.287 e. The van der Waals surface area contributed by atoms with E-state index < -0.39 is 0 Å². The van der Waals surface area contributed by atoms with Crippen molar-refractivity contribution >= 4 is 5.91 Å². The lowest BCUT2D eigenvalue weighted by atomic mass is 10.2. The normalized spacial score (nSPS) is 10.5. The summed E-state index contributed by atoms with van der Waals surface area (Å²) in [5.74, 6) is 1.50. The van der Waals surface area contributed by atoms with Crippen LogP contribution in [0.5, 0.6) is 11.6 Å². The van der Waals surface area contributed by atoms with Gasteiger partial charge in [0.1, 0.15) is 18.1 Å². The topological polar surface area (TPSA) is 86.5 Å². The van der Waals surface area contributed by atoms with Crippen LogP contribution in [0.2, 0.25) is 0 Å². The quantitative estimate of drug-likeness (QED) is 0.702. The fourth-order valence-electron chi connectivity index (χ4n) is 2.26. The third-order valence-electron chi connectivity index (χ3n) is 3.56. The molecule has 0 bridgehead atoms. The Kier molecular flexibility index (Phi) is 5.60. The maximum atomic E-state index is 12.2. The van der Waals surface area contributed by atoms with E-state index in [4.69, 9.17) is 13.9 Å². The van der Waals surface area contributed by atoms with Crippen LogP contribution in [0.1, 0.15) is 27.6 Å². The van der Waals surface area contributed by atoms with Crippen LogP contribution >= 0.6 is 0 Å². The molecule has 1 amide bonds. The molecule has 134 valence electrons. The molecule has 0 aliphatic rings. The Balaban J connectivity index is 1.66. The smallest absolute Gasteiger partial charge is 0.287 e. The van der Waals surface area contributed by atoms with Gasteiger partial charge in [0.05, 0.1) is 6.20 Å². The number of aryl methyl sites for hydroxylation is 1. The molecule has 26 heavy (non-hydrogen) atoms. The maximum absolute atomic E-state index is 12.2. The minimum absolute atomic E-state index is 0.228. The monoisotopic (exact) mass is 353 g/mol. The standard InChI is InChI=1S/C19H19N3O4/c1-13-5-6-15(11-21-13)26-19-14(4-3-9-20-19)10-22-18(23)17-8-7-16(25-17)12-24-2/h3-9,11H,10,12H2,1-2H3,(H,22,23). The van der Waals surface area contributed by atoms with E-state index in [1.807, 2.05) is 25.1 Å². The number of ether oxygens (including phenoxy) is 2. The van der Waals surface area contributed by atoms with Gasteiger partial charge in [0.25, 0.3) is 5.91 Å². The van der Waals surface area contributed by atoms with Gasteiger partial charge < -0.3 is 19.2 Å². The molecular formula is C19H19N3O4. The molecular weight excluding hydrogens is 334 g/mol. The van der Waals surface area contributed by atoms with Crippen LogP contribution in [0.4, 0.5) is 0 Å². The Morgan fingerprint density at radius 1 is 1.19 bits per heavy atom. The predicted octanol–water partition coefficient (Wildman–Crippen LogP) is 3.25. The number of aromatic nitrogens is 2. The second kappa shape index (κ2) is 8.26. The van der Waals surface area contributed by atoms with Crippen molar-refractivity contribution < 1.29 is 18.7 Å². The van der Waals surface area contributed by atoms with Gasteiger partial charge in [-0.15, -0.1) is 0 Å². The van der Waals surface area contributed by atoms with E-state index in [0.717, 1.165) is 11.3 Å². The van der Waals surface area contributed by atoms with Crippen LogP contribution in [-0.4, -0.2) is 23.0 Å². The Morgan fingerprint density at radius 3 is 2.85 bits per heavy atom. The number of pyridine rings is 2. The van der Waals surface area contributed by atoms with Crippen LogP contribution in [0.25, 0.3) is 0 Å². The number of hydrogen-bond acceptors (Lipinski definition) is 6. The van der Waals surface area contributed by atoms with Crippen molar-refractivity contribution in [2.24, 2.45) is 0 Å². The number of methoxy groups -OCH3 is 1. The molecule has 0 radical (unpaired) electrons. The van der Waals surface area contributed by atoms with Gasteiger partial charge in [-0.2, -0.15) is 0 Å². The molecule has 0 aliphatic carbocycles. The van der Waals surface area contributed by atoms with Gasteiger partial charge in [0.15, 0.2) is 5.76 Å². The molecule has 0 saturated carbocycles. The first-order valence-electron chi connectivity index (χ1n) is 8.06. The van der Waals surface area contributed by atoms with E-state index in [9.17, 15) is 4.79 Å². The van der Waals surface area contributed by atoms with E-state index in [2.05, 4.69) is 15.3 Å². The van der Waals surface area contributed by atoms with Crippen molar-refractivity contribution in [1.29, 1.82) is 0 Å². The van der Waals surface area contributed by atoms with Gasteiger partial charge in [0.2, 0.25) is 5.88 Å². The molecule has 0 saturated heterocycles. The number of carbonyl (C=O) groups excluding carboxylic acids is 1. The molecule has 0 aromatic carbocycles. The number of nitrogens with zero attached hydrogens (tertiary/aromatic N) is 2. The fraction of sp³-hybridized carbons (Fsp3) is 0.211. The number of carbonyl (C=O) groups is 1. The molecule has 3 heterocycles. The van der Waals surface area contributed by atoms with Gasteiger partial charge in [0, 0.05) is 31.1 Å². The summed E-state index contributed by atoms with van der Waals surface area (Å²) in [5.41, 5.74) is 1.64. The van der Waals surface area contributed by atoms with Crippen molar-refractivity contribution in [2.45, 2.75) is 20.1 Å².